The average molecular weight is 236 g/mol. The molecular formula is C14H24N2O. The Hall–Kier alpha value is -0.830. The van der Waals surface area contributed by atoms with Crippen molar-refractivity contribution in [3.63, 3.8) is 0 Å². The van der Waals surface area contributed by atoms with Crippen molar-refractivity contribution in [2.75, 3.05) is 0 Å². The molecule has 3 nitrogen and oxygen atoms in total. The van der Waals surface area contributed by atoms with Gasteiger partial charge in [0, 0.05) is 6.20 Å². The summed E-state index contributed by atoms with van der Waals surface area (Å²) in [6, 6.07) is 2.38. The van der Waals surface area contributed by atoms with E-state index in [0.29, 0.717) is 12.0 Å². The zero-order chi connectivity index (χ0) is 12.6. The summed E-state index contributed by atoms with van der Waals surface area (Å²) in [6.45, 7) is 8.89. The third-order valence-electron chi connectivity index (χ3n) is 3.98. The SMILES string of the molecule is Cc1ccn(C2CC(O)CCC2C(C)(C)C)n1. The summed E-state index contributed by atoms with van der Waals surface area (Å²) in [4.78, 5) is 0. The highest BCUT2D eigenvalue weighted by atomic mass is 16.3. The molecule has 3 atom stereocenters. The van der Waals surface area contributed by atoms with Crippen LogP contribution in [0.5, 0.6) is 0 Å². The first-order chi connectivity index (χ1) is 7.88. The maximum atomic E-state index is 9.89. The van der Waals surface area contributed by atoms with Crippen LogP contribution in [0.1, 0.15) is 51.8 Å². The Bertz CT molecular complexity index is 378. The van der Waals surface area contributed by atoms with Gasteiger partial charge >= 0.3 is 0 Å². The van der Waals surface area contributed by atoms with E-state index in [2.05, 4.69) is 36.7 Å². The van der Waals surface area contributed by atoms with E-state index in [1.807, 2.05) is 13.0 Å². The van der Waals surface area contributed by atoms with Crippen LogP contribution in [0, 0.1) is 18.3 Å². The number of aromatic nitrogens is 2. The Labute approximate surface area is 104 Å². The van der Waals surface area contributed by atoms with Crippen LogP contribution < -0.4 is 0 Å². The van der Waals surface area contributed by atoms with Crippen molar-refractivity contribution in [1.29, 1.82) is 0 Å². The molecule has 0 amide bonds. The first kappa shape index (κ1) is 12.6. The molecular weight excluding hydrogens is 212 g/mol. The standard InChI is InChI=1S/C14H24N2O/c1-10-7-8-16(15-10)13-9-11(17)5-6-12(13)14(2,3)4/h7-8,11-13,17H,5-6,9H2,1-4H3. The van der Waals surface area contributed by atoms with E-state index < -0.39 is 0 Å². The van der Waals surface area contributed by atoms with Crippen LogP contribution in [0.3, 0.4) is 0 Å². The van der Waals surface area contributed by atoms with E-state index in [-0.39, 0.29) is 11.5 Å². The highest BCUT2D eigenvalue weighted by molar-refractivity contribution is 4.99. The van der Waals surface area contributed by atoms with Crippen LogP contribution >= 0.6 is 0 Å². The molecule has 1 aromatic rings. The van der Waals surface area contributed by atoms with E-state index in [9.17, 15) is 5.11 Å². The molecule has 0 saturated heterocycles. The smallest absolute Gasteiger partial charge is 0.0593 e. The van der Waals surface area contributed by atoms with E-state index in [1.54, 1.807) is 0 Å². The fourth-order valence-corrected chi connectivity index (χ4v) is 3.05. The van der Waals surface area contributed by atoms with Gasteiger partial charge < -0.3 is 5.11 Å². The summed E-state index contributed by atoms with van der Waals surface area (Å²) in [7, 11) is 0. The van der Waals surface area contributed by atoms with E-state index in [4.69, 9.17) is 0 Å². The van der Waals surface area contributed by atoms with Crippen molar-refractivity contribution in [3.05, 3.63) is 18.0 Å². The fraction of sp³-hybridized carbons (Fsp3) is 0.786. The van der Waals surface area contributed by atoms with E-state index >= 15 is 0 Å². The predicted molar refractivity (Wildman–Crippen MR) is 68.8 cm³/mol. The predicted octanol–water partition coefficient (Wildman–Crippen LogP) is 2.94. The maximum Gasteiger partial charge on any atom is 0.0593 e. The minimum absolute atomic E-state index is 0.164. The van der Waals surface area contributed by atoms with Crippen LogP contribution in [0.25, 0.3) is 0 Å². The second-order valence-corrected chi connectivity index (χ2v) is 6.44. The number of rotatable bonds is 1. The molecule has 1 aliphatic carbocycles. The second-order valence-electron chi connectivity index (χ2n) is 6.44. The van der Waals surface area contributed by atoms with Crippen LogP contribution in [0.4, 0.5) is 0 Å². The van der Waals surface area contributed by atoms with Crippen LogP contribution in [-0.2, 0) is 0 Å². The minimum Gasteiger partial charge on any atom is -0.393 e. The number of hydrogen-bond donors (Lipinski definition) is 1. The third-order valence-corrected chi connectivity index (χ3v) is 3.98. The summed E-state index contributed by atoms with van der Waals surface area (Å²) in [5.41, 5.74) is 1.32. The van der Waals surface area contributed by atoms with Crippen molar-refractivity contribution in [1.82, 2.24) is 9.78 Å². The summed E-state index contributed by atoms with van der Waals surface area (Å²) in [5.74, 6) is 0.588. The Morgan fingerprint density at radius 3 is 2.59 bits per heavy atom. The summed E-state index contributed by atoms with van der Waals surface area (Å²) >= 11 is 0. The minimum atomic E-state index is -0.164. The topological polar surface area (TPSA) is 38.0 Å². The molecule has 1 N–H and O–H groups in total. The lowest BCUT2D eigenvalue weighted by atomic mass is 9.69. The van der Waals surface area contributed by atoms with Gasteiger partial charge in [-0.15, -0.1) is 0 Å². The molecule has 1 fully saturated rings. The maximum absolute atomic E-state index is 9.89. The summed E-state index contributed by atoms with van der Waals surface area (Å²) in [5, 5.41) is 14.4. The van der Waals surface area contributed by atoms with Crippen LogP contribution in [0.2, 0.25) is 0 Å². The highest BCUT2D eigenvalue weighted by Gasteiger charge is 2.38. The molecule has 1 saturated carbocycles. The number of hydrogen-bond acceptors (Lipinski definition) is 2. The van der Waals surface area contributed by atoms with Crippen molar-refractivity contribution >= 4 is 0 Å². The Morgan fingerprint density at radius 2 is 2.06 bits per heavy atom. The lowest BCUT2D eigenvalue weighted by Crippen LogP contribution is -2.37. The van der Waals surface area contributed by atoms with Gasteiger partial charge in [0.2, 0.25) is 0 Å². The average Bonchev–Trinajstić information content (AvgIpc) is 2.62. The molecule has 1 aliphatic rings. The zero-order valence-electron chi connectivity index (χ0n) is 11.3. The molecule has 0 aliphatic heterocycles. The van der Waals surface area contributed by atoms with Crippen molar-refractivity contribution in [3.8, 4) is 0 Å². The Morgan fingerprint density at radius 1 is 1.35 bits per heavy atom. The highest BCUT2D eigenvalue weighted by Crippen LogP contribution is 2.44. The molecule has 0 radical (unpaired) electrons. The quantitative estimate of drug-likeness (QED) is 0.814. The van der Waals surface area contributed by atoms with Crippen molar-refractivity contribution < 1.29 is 5.11 Å². The number of aliphatic hydroxyl groups excluding tert-OH is 1. The normalized spacial score (nSPS) is 30.5. The van der Waals surface area contributed by atoms with E-state index in [0.717, 1.165) is 25.0 Å². The van der Waals surface area contributed by atoms with Gasteiger partial charge in [-0.05, 0) is 43.6 Å². The van der Waals surface area contributed by atoms with Gasteiger partial charge in [-0.25, -0.2) is 0 Å². The molecule has 0 spiro atoms. The lowest BCUT2D eigenvalue weighted by Gasteiger charge is -2.42. The molecule has 1 aromatic heterocycles. The first-order valence-corrected chi connectivity index (χ1v) is 6.58. The van der Waals surface area contributed by atoms with Gasteiger partial charge in [0.05, 0.1) is 17.8 Å². The third kappa shape index (κ3) is 2.71. The lowest BCUT2D eigenvalue weighted by molar-refractivity contribution is 0.0253. The molecule has 1 heterocycles. The number of nitrogens with zero attached hydrogens (tertiary/aromatic N) is 2. The molecule has 0 aromatic carbocycles. The van der Waals surface area contributed by atoms with Gasteiger partial charge in [0.15, 0.2) is 0 Å². The summed E-state index contributed by atoms with van der Waals surface area (Å²) < 4.78 is 2.06. The Balaban J connectivity index is 2.26. The zero-order valence-corrected chi connectivity index (χ0v) is 11.3. The largest absolute Gasteiger partial charge is 0.393 e. The number of aryl methyl sites for hydroxylation is 1. The molecule has 2 rings (SSSR count). The van der Waals surface area contributed by atoms with Crippen molar-refractivity contribution in [2.24, 2.45) is 11.3 Å². The van der Waals surface area contributed by atoms with Crippen molar-refractivity contribution in [2.45, 2.75) is 59.1 Å². The monoisotopic (exact) mass is 236 g/mol. The first-order valence-electron chi connectivity index (χ1n) is 6.58. The van der Waals surface area contributed by atoms with Crippen LogP contribution in [0.15, 0.2) is 12.3 Å². The number of aliphatic hydroxyl groups is 1. The fourth-order valence-electron chi connectivity index (χ4n) is 3.05. The van der Waals surface area contributed by atoms with Gasteiger partial charge in [-0.1, -0.05) is 20.8 Å². The van der Waals surface area contributed by atoms with Gasteiger partial charge in [-0.3, -0.25) is 4.68 Å². The molecule has 3 heteroatoms. The van der Waals surface area contributed by atoms with Gasteiger partial charge in [0.1, 0.15) is 0 Å². The molecule has 17 heavy (non-hydrogen) atoms. The molecule has 96 valence electrons. The second kappa shape index (κ2) is 4.45. The summed E-state index contributed by atoms with van der Waals surface area (Å²) in [6.07, 6.45) is 4.75. The van der Waals surface area contributed by atoms with Gasteiger partial charge in [0.25, 0.3) is 0 Å². The molecule has 0 bridgehead atoms. The molecule has 3 unspecified atom stereocenters. The van der Waals surface area contributed by atoms with Crippen LogP contribution in [-0.4, -0.2) is 21.0 Å². The van der Waals surface area contributed by atoms with Gasteiger partial charge in [-0.2, -0.15) is 5.10 Å². The Kier molecular flexibility index (Phi) is 3.30. The van der Waals surface area contributed by atoms with E-state index in [1.165, 1.54) is 0 Å².